The second-order valence-electron chi connectivity index (χ2n) is 5.18. The second-order valence-corrected chi connectivity index (χ2v) is 5.96. The van der Waals surface area contributed by atoms with Crippen molar-refractivity contribution in [1.82, 2.24) is 5.32 Å². The van der Waals surface area contributed by atoms with Gasteiger partial charge in [-0.05, 0) is 43.9 Å². The summed E-state index contributed by atoms with van der Waals surface area (Å²) >= 11 is 12.3. The topological polar surface area (TPSA) is 41.1 Å². The lowest BCUT2D eigenvalue weighted by molar-refractivity contribution is -0.119. The Hall–Kier alpha value is -0.770. The number of aryl methyl sites for hydroxylation is 1. The smallest absolute Gasteiger partial charge is 0.241 e. The highest BCUT2D eigenvalue weighted by Crippen LogP contribution is 2.33. The molecule has 0 bridgehead atoms. The summed E-state index contributed by atoms with van der Waals surface area (Å²) in [5.74, 6) is 0.487. The average molecular weight is 301 g/mol. The van der Waals surface area contributed by atoms with E-state index in [4.69, 9.17) is 23.2 Å². The molecule has 2 rings (SSSR count). The van der Waals surface area contributed by atoms with E-state index in [-0.39, 0.29) is 11.9 Å². The SMILES string of the molecule is Cc1ccc(Cl)c(NC(=O)C2CC(C)CCN2)c1Cl. The van der Waals surface area contributed by atoms with Crippen molar-refractivity contribution in [2.75, 3.05) is 11.9 Å². The van der Waals surface area contributed by atoms with Crippen LogP contribution in [0.5, 0.6) is 0 Å². The molecular formula is C14H18Cl2N2O. The number of carbonyl (C=O) groups is 1. The van der Waals surface area contributed by atoms with E-state index >= 15 is 0 Å². The molecule has 1 fully saturated rings. The van der Waals surface area contributed by atoms with Crippen molar-refractivity contribution in [3.8, 4) is 0 Å². The highest BCUT2D eigenvalue weighted by atomic mass is 35.5. The Kier molecular flexibility index (Phi) is 4.71. The largest absolute Gasteiger partial charge is 0.322 e. The number of benzene rings is 1. The summed E-state index contributed by atoms with van der Waals surface area (Å²) in [4.78, 5) is 12.2. The summed E-state index contributed by atoms with van der Waals surface area (Å²) in [7, 11) is 0. The van der Waals surface area contributed by atoms with Gasteiger partial charge in [0, 0.05) is 0 Å². The number of hydrogen-bond donors (Lipinski definition) is 2. The summed E-state index contributed by atoms with van der Waals surface area (Å²) in [5, 5.41) is 7.04. The van der Waals surface area contributed by atoms with Crippen LogP contribution in [0.25, 0.3) is 0 Å². The second kappa shape index (κ2) is 6.12. The van der Waals surface area contributed by atoms with Gasteiger partial charge in [0.15, 0.2) is 0 Å². The molecule has 1 aromatic carbocycles. The van der Waals surface area contributed by atoms with Gasteiger partial charge in [-0.2, -0.15) is 0 Å². The van der Waals surface area contributed by atoms with Crippen molar-refractivity contribution in [3.05, 3.63) is 27.7 Å². The molecule has 104 valence electrons. The molecule has 2 atom stereocenters. The number of halogens is 2. The van der Waals surface area contributed by atoms with Gasteiger partial charge in [-0.3, -0.25) is 4.79 Å². The zero-order chi connectivity index (χ0) is 14.0. The van der Waals surface area contributed by atoms with Crippen molar-refractivity contribution in [1.29, 1.82) is 0 Å². The number of amides is 1. The van der Waals surface area contributed by atoms with Crippen molar-refractivity contribution in [2.24, 2.45) is 5.92 Å². The molecule has 0 spiro atoms. The Morgan fingerprint density at radius 3 is 2.84 bits per heavy atom. The zero-order valence-corrected chi connectivity index (χ0v) is 12.6. The van der Waals surface area contributed by atoms with Crippen molar-refractivity contribution < 1.29 is 4.79 Å². The minimum Gasteiger partial charge on any atom is -0.322 e. The van der Waals surface area contributed by atoms with Crippen molar-refractivity contribution in [3.63, 3.8) is 0 Å². The van der Waals surface area contributed by atoms with Crippen molar-refractivity contribution in [2.45, 2.75) is 32.7 Å². The predicted molar refractivity (Wildman–Crippen MR) is 80.0 cm³/mol. The van der Waals surface area contributed by atoms with Gasteiger partial charge in [-0.1, -0.05) is 36.2 Å². The lowest BCUT2D eigenvalue weighted by Crippen LogP contribution is -2.45. The molecule has 2 unspecified atom stereocenters. The molecule has 1 aliphatic heterocycles. The van der Waals surface area contributed by atoms with Gasteiger partial charge in [-0.15, -0.1) is 0 Å². The van der Waals surface area contributed by atoms with E-state index in [0.717, 1.165) is 24.9 Å². The molecule has 2 N–H and O–H groups in total. The number of carbonyl (C=O) groups excluding carboxylic acids is 1. The number of piperidine rings is 1. The standard InChI is InChI=1S/C14H18Cl2N2O/c1-8-5-6-17-11(7-8)14(19)18-13-10(15)4-3-9(2)12(13)16/h3-4,8,11,17H,5-7H2,1-2H3,(H,18,19). The van der Waals surface area contributed by atoms with Crippen molar-refractivity contribution >= 4 is 34.8 Å². The molecule has 0 aromatic heterocycles. The minimum atomic E-state index is -0.170. The molecule has 0 radical (unpaired) electrons. The maximum Gasteiger partial charge on any atom is 0.241 e. The van der Waals surface area contributed by atoms with Crippen LogP contribution in [0.4, 0.5) is 5.69 Å². The summed E-state index contributed by atoms with van der Waals surface area (Å²) in [6.07, 6.45) is 1.95. The normalized spacial score (nSPS) is 23.2. The van der Waals surface area contributed by atoms with Crippen LogP contribution in [-0.2, 0) is 4.79 Å². The molecule has 0 aliphatic carbocycles. The fourth-order valence-corrected chi connectivity index (χ4v) is 2.75. The quantitative estimate of drug-likeness (QED) is 0.876. The number of hydrogen-bond acceptors (Lipinski definition) is 2. The van der Waals surface area contributed by atoms with Crippen LogP contribution in [0.2, 0.25) is 10.0 Å². The summed E-state index contributed by atoms with van der Waals surface area (Å²) in [6, 6.07) is 3.41. The van der Waals surface area contributed by atoms with Gasteiger partial charge in [-0.25, -0.2) is 0 Å². The van der Waals surface area contributed by atoms with Crippen LogP contribution in [-0.4, -0.2) is 18.5 Å². The highest BCUT2D eigenvalue weighted by Gasteiger charge is 2.25. The van der Waals surface area contributed by atoms with Crippen LogP contribution < -0.4 is 10.6 Å². The van der Waals surface area contributed by atoms with Crippen LogP contribution >= 0.6 is 23.2 Å². The lowest BCUT2D eigenvalue weighted by atomic mass is 9.94. The molecule has 1 saturated heterocycles. The molecule has 1 amide bonds. The van der Waals surface area contributed by atoms with Gasteiger partial charge < -0.3 is 10.6 Å². The highest BCUT2D eigenvalue weighted by molar-refractivity contribution is 6.40. The third kappa shape index (κ3) is 3.41. The maximum atomic E-state index is 12.2. The predicted octanol–water partition coefficient (Wildman–Crippen LogP) is 3.63. The van der Waals surface area contributed by atoms with E-state index in [1.165, 1.54) is 0 Å². The average Bonchev–Trinajstić information content (AvgIpc) is 2.39. The van der Waals surface area contributed by atoms with E-state index in [1.807, 2.05) is 13.0 Å². The van der Waals surface area contributed by atoms with E-state index < -0.39 is 0 Å². The van der Waals surface area contributed by atoms with Gasteiger partial charge in [0.1, 0.15) is 0 Å². The van der Waals surface area contributed by atoms with Gasteiger partial charge in [0.05, 0.1) is 21.8 Å². The minimum absolute atomic E-state index is 0.0686. The van der Waals surface area contributed by atoms with Crippen LogP contribution in [0.15, 0.2) is 12.1 Å². The molecule has 19 heavy (non-hydrogen) atoms. The number of anilines is 1. The Morgan fingerprint density at radius 1 is 1.42 bits per heavy atom. The first-order valence-corrected chi connectivity index (χ1v) is 7.23. The fraction of sp³-hybridized carbons (Fsp3) is 0.500. The Morgan fingerprint density at radius 2 is 2.16 bits per heavy atom. The molecule has 0 saturated carbocycles. The van der Waals surface area contributed by atoms with Crippen LogP contribution in [0, 0.1) is 12.8 Å². The lowest BCUT2D eigenvalue weighted by Gasteiger charge is -2.27. The number of nitrogens with one attached hydrogen (secondary N) is 2. The summed E-state index contributed by atoms with van der Waals surface area (Å²) < 4.78 is 0. The molecular weight excluding hydrogens is 283 g/mol. The molecule has 1 heterocycles. The van der Waals surface area contributed by atoms with Crippen LogP contribution in [0.3, 0.4) is 0 Å². The van der Waals surface area contributed by atoms with Gasteiger partial charge in [0.25, 0.3) is 0 Å². The maximum absolute atomic E-state index is 12.2. The molecule has 5 heteroatoms. The molecule has 3 nitrogen and oxygen atoms in total. The molecule has 1 aliphatic rings. The monoisotopic (exact) mass is 300 g/mol. The van der Waals surface area contributed by atoms with Gasteiger partial charge in [0.2, 0.25) is 5.91 Å². The first-order chi connectivity index (χ1) is 8.99. The van der Waals surface area contributed by atoms with E-state index in [9.17, 15) is 4.79 Å². The Bertz CT molecular complexity index is 491. The summed E-state index contributed by atoms with van der Waals surface area (Å²) in [6.45, 7) is 4.91. The third-order valence-electron chi connectivity index (χ3n) is 3.51. The fourth-order valence-electron chi connectivity index (χ4n) is 2.29. The Labute approximate surface area is 123 Å². The number of rotatable bonds is 2. The Balaban J connectivity index is 2.13. The first kappa shape index (κ1) is 14.6. The molecule has 1 aromatic rings. The first-order valence-electron chi connectivity index (χ1n) is 6.48. The third-order valence-corrected chi connectivity index (χ3v) is 4.32. The zero-order valence-electron chi connectivity index (χ0n) is 11.1. The van der Waals surface area contributed by atoms with E-state index in [1.54, 1.807) is 6.07 Å². The summed E-state index contributed by atoms with van der Waals surface area (Å²) in [5.41, 5.74) is 1.40. The van der Waals surface area contributed by atoms with E-state index in [2.05, 4.69) is 17.6 Å². The van der Waals surface area contributed by atoms with Gasteiger partial charge >= 0.3 is 0 Å². The van der Waals surface area contributed by atoms with Crippen LogP contribution in [0.1, 0.15) is 25.3 Å². The van der Waals surface area contributed by atoms with E-state index in [0.29, 0.717) is 21.7 Å².